The molecule has 0 bridgehead atoms. The molecule has 8 nitrogen and oxygen atoms in total. The summed E-state index contributed by atoms with van der Waals surface area (Å²) in [5.74, 6) is -0.221. The maximum absolute atomic E-state index is 10.8. The Balaban J connectivity index is 3.18. The molecule has 100 valence electrons. The Morgan fingerprint density at radius 3 is 2.67 bits per heavy atom. The summed E-state index contributed by atoms with van der Waals surface area (Å²) in [4.78, 5) is 13.8. The minimum Gasteiger partial charge on any atom is -0.390 e. The molecule has 8 heteroatoms. The first kappa shape index (κ1) is 14.3. The van der Waals surface area contributed by atoms with Gasteiger partial charge in [0.15, 0.2) is 0 Å². The summed E-state index contributed by atoms with van der Waals surface area (Å²) in [5.41, 5.74) is 10.7. The minimum absolute atomic E-state index is 0.178. The first-order valence-electron chi connectivity index (χ1n) is 5.35. The lowest BCUT2D eigenvalue weighted by Gasteiger charge is -2.19. The average molecular weight is 256 g/mol. The van der Waals surface area contributed by atoms with Gasteiger partial charge >= 0.3 is 5.69 Å². The summed E-state index contributed by atoms with van der Waals surface area (Å²) in [6.07, 6.45) is -0.972. The van der Waals surface area contributed by atoms with Gasteiger partial charge in [0, 0.05) is 17.3 Å². The molecule has 0 aromatic carbocycles. The van der Waals surface area contributed by atoms with E-state index in [0.29, 0.717) is 0 Å². The molecular formula is C10H16N4O4. The molecule has 0 fully saturated rings. The first-order valence-corrected chi connectivity index (χ1v) is 5.35. The monoisotopic (exact) mass is 256 g/mol. The lowest BCUT2D eigenvalue weighted by atomic mass is 9.98. The lowest BCUT2D eigenvalue weighted by Crippen LogP contribution is -2.23. The molecule has 1 heterocycles. The van der Waals surface area contributed by atoms with E-state index in [2.05, 4.69) is 4.98 Å². The van der Waals surface area contributed by atoms with Crippen LogP contribution in [-0.4, -0.2) is 32.8 Å². The Morgan fingerprint density at radius 2 is 2.17 bits per heavy atom. The molecule has 0 spiro atoms. The van der Waals surface area contributed by atoms with Gasteiger partial charge in [0.05, 0.1) is 11.0 Å². The number of nitrogens with two attached hydrogens (primary N) is 2. The number of aromatic nitrogens is 1. The van der Waals surface area contributed by atoms with Gasteiger partial charge < -0.3 is 21.7 Å². The van der Waals surface area contributed by atoms with Crippen LogP contribution in [0.3, 0.4) is 0 Å². The van der Waals surface area contributed by atoms with Crippen molar-refractivity contribution < 1.29 is 15.1 Å². The summed E-state index contributed by atoms with van der Waals surface area (Å²) >= 11 is 0. The van der Waals surface area contributed by atoms with E-state index >= 15 is 0 Å². The van der Waals surface area contributed by atoms with Crippen molar-refractivity contribution in [1.29, 1.82) is 0 Å². The number of hydrogen-bond acceptors (Lipinski definition) is 7. The zero-order chi connectivity index (χ0) is 13.9. The number of hydrogen-bond donors (Lipinski definition) is 4. The fraction of sp³-hybridized carbons (Fsp3) is 0.500. The Bertz CT molecular complexity index is 452. The molecule has 2 atom stereocenters. The van der Waals surface area contributed by atoms with Crippen molar-refractivity contribution in [3.8, 4) is 0 Å². The number of nitrogens with zero attached hydrogens (tertiary/aromatic N) is 2. The highest BCUT2D eigenvalue weighted by atomic mass is 16.6. The van der Waals surface area contributed by atoms with Crippen LogP contribution in [0.4, 0.5) is 11.5 Å². The number of nitrogen functional groups attached to an aromatic ring is 1. The van der Waals surface area contributed by atoms with Crippen LogP contribution in [0.5, 0.6) is 0 Å². The number of pyridine rings is 1. The molecule has 0 amide bonds. The highest BCUT2D eigenvalue weighted by Crippen LogP contribution is 2.31. The van der Waals surface area contributed by atoms with Crippen LogP contribution in [0.2, 0.25) is 0 Å². The second-order valence-corrected chi connectivity index (χ2v) is 3.92. The van der Waals surface area contributed by atoms with Crippen LogP contribution >= 0.6 is 0 Å². The predicted molar refractivity (Wildman–Crippen MR) is 64.7 cm³/mol. The van der Waals surface area contributed by atoms with Crippen LogP contribution in [0.15, 0.2) is 6.20 Å². The quantitative estimate of drug-likeness (QED) is 0.414. The van der Waals surface area contributed by atoms with Crippen molar-refractivity contribution in [3.05, 3.63) is 27.4 Å². The van der Waals surface area contributed by atoms with Crippen molar-refractivity contribution in [2.75, 3.05) is 12.3 Å². The summed E-state index contributed by atoms with van der Waals surface area (Å²) in [6.45, 7) is 1.64. The van der Waals surface area contributed by atoms with Gasteiger partial charge in [-0.2, -0.15) is 0 Å². The molecule has 0 saturated carbocycles. The van der Waals surface area contributed by atoms with E-state index in [1.54, 1.807) is 0 Å². The SMILES string of the molecule is Cc1c(C(O)C(O)CCN)cnc(N)c1[N+](=O)[O-]. The first-order chi connectivity index (χ1) is 8.40. The Kier molecular flexibility index (Phi) is 4.54. The van der Waals surface area contributed by atoms with Gasteiger partial charge in [-0.15, -0.1) is 0 Å². The topological polar surface area (TPSA) is 149 Å². The third-order valence-corrected chi connectivity index (χ3v) is 2.70. The van der Waals surface area contributed by atoms with Crippen LogP contribution < -0.4 is 11.5 Å². The van der Waals surface area contributed by atoms with Crippen molar-refractivity contribution >= 4 is 11.5 Å². The molecule has 1 rings (SSSR count). The molecule has 18 heavy (non-hydrogen) atoms. The van der Waals surface area contributed by atoms with Gasteiger partial charge in [-0.05, 0) is 19.9 Å². The van der Waals surface area contributed by atoms with E-state index in [1.165, 1.54) is 13.1 Å². The van der Waals surface area contributed by atoms with E-state index in [0.717, 1.165) is 0 Å². The van der Waals surface area contributed by atoms with Crippen LogP contribution in [0.1, 0.15) is 23.7 Å². The highest BCUT2D eigenvalue weighted by Gasteiger charge is 2.26. The second kappa shape index (κ2) is 5.71. The minimum atomic E-state index is -1.28. The standard InChI is InChI=1S/C10H16N4O4/c1-5-6(9(16)7(15)2-3-11)4-13-10(12)8(5)14(17)18/h4,7,9,15-16H,2-3,11H2,1H3,(H2,12,13). The van der Waals surface area contributed by atoms with E-state index in [-0.39, 0.29) is 35.6 Å². The third kappa shape index (κ3) is 2.73. The summed E-state index contributed by atoms with van der Waals surface area (Å²) < 4.78 is 0. The molecule has 0 radical (unpaired) electrons. The predicted octanol–water partition coefficient (Wildman–Crippen LogP) is -0.376. The van der Waals surface area contributed by atoms with E-state index in [1.807, 2.05) is 0 Å². The maximum atomic E-state index is 10.8. The third-order valence-electron chi connectivity index (χ3n) is 2.70. The van der Waals surface area contributed by atoms with Gasteiger partial charge in [-0.3, -0.25) is 10.1 Å². The van der Waals surface area contributed by atoms with Gasteiger partial charge in [0.25, 0.3) is 0 Å². The lowest BCUT2D eigenvalue weighted by molar-refractivity contribution is -0.384. The summed E-state index contributed by atoms with van der Waals surface area (Å²) in [5, 5.41) is 30.4. The van der Waals surface area contributed by atoms with Gasteiger partial charge in [-0.1, -0.05) is 0 Å². The van der Waals surface area contributed by atoms with E-state index < -0.39 is 17.1 Å². The zero-order valence-electron chi connectivity index (χ0n) is 9.91. The number of rotatable bonds is 5. The van der Waals surface area contributed by atoms with Gasteiger partial charge in [-0.25, -0.2) is 4.98 Å². The molecule has 2 unspecified atom stereocenters. The Hall–Kier alpha value is -1.77. The van der Waals surface area contributed by atoms with Crippen LogP contribution in [0, 0.1) is 17.0 Å². The van der Waals surface area contributed by atoms with Crippen molar-refractivity contribution in [2.24, 2.45) is 5.73 Å². The Morgan fingerprint density at radius 1 is 1.56 bits per heavy atom. The average Bonchev–Trinajstić information content (AvgIpc) is 2.28. The number of nitro groups is 1. The van der Waals surface area contributed by atoms with Gasteiger partial charge in [0.2, 0.25) is 5.82 Å². The van der Waals surface area contributed by atoms with Gasteiger partial charge in [0.1, 0.15) is 6.10 Å². The van der Waals surface area contributed by atoms with Crippen LogP contribution in [-0.2, 0) is 0 Å². The molecule has 0 aliphatic rings. The highest BCUT2D eigenvalue weighted by molar-refractivity contribution is 5.59. The van der Waals surface area contributed by atoms with Crippen LogP contribution in [0.25, 0.3) is 0 Å². The molecule has 1 aromatic rings. The van der Waals surface area contributed by atoms with Crippen molar-refractivity contribution in [3.63, 3.8) is 0 Å². The fourth-order valence-electron chi connectivity index (χ4n) is 1.69. The number of aliphatic hydroxyl groups is 2. The molecule has 1 aromatic heterocycles. The normalized spacial score (nSPS) is 14.2. The summed E-state index contributed by atoms with van der Waals surface area (Å²) in [7, 11) is 0. The molecule has 6 N–H and O–H groups in total. The Labute approximate surface area is 103 Å². The van der Waals surface area contributed by atoms with E-state index in [4.69, 9.17) is 11.5 Å². The van der Waals surface area contributed by atoms with Crippen molar-refractivity contribution in [2.45, 2.75) is 25.6 Å². The molecule has 0 aliphatic carbocycles. The second-order valence-electron chi connectivity index (χ2n) is 3.92. The molecule has 0 aliphatic heterocycles. The summed E-state index contributed by atoms with van der Waals surface area (Å²) in [6, 6.07) is 0. The van der Waals surface area contributed by atoms with Crippen molar-refractivity contribution in [1.82, 2.24) is 4.98 Å². The zero-order valence-corrected chi connectivity index (χ0v) is 9.91. The smallest absolute Gasteiger partial charge is 0.314 e. The van der Waals surface area contributed by atoms with E-state index in [9.17, 15) is 20.3 Å². The number of anilines is 1. The molecular weight excluding hydrogens is 240 g/mol. The number of aliphatic hydroxyl groups excluding tert-OH is 2. The largest absolute Gasteiger partial charge is 0.390 e. The fourth-order valence-corrected chi connectivity index (χ4v) is 1.69. The maximum Gasteiger partial charge on any atom is 0.314 e. The molecule has 0 saturated heterocycles.